The van der Waals surface area contributed by atoms with E-state index in [2.05, 4.69) is 37.9 Å². The Kier molecular flexibility index (Phi) is 5.47. The molecule has 0 aliphatic heterocycles. The number of rotatable bonds is 8. The molecule has 0 saturated heterocycles. The molecule has 1 fully saturated rings. The maximum absolute atomic E-state index is 12.2. The van der Waals surface area contributed by atoms with Crippen LogP contribution in [0.25, 0.3) is 0 Å². The van der Waals surface area contributed by atoms with Crippen molar-refractivity contribution in [3.05, 3.63) is 35.9 Å². The van der Waals surface area contributed by atoms with Crippen molar-refractivity contribution in [3.63, 3.8) is 0 Å². The lowest BCUT2D eigenvalue weighted by Gasteiger charge is -2.25. The Balaban J connectivity index is 1.50. The van der Waals surface area contributed by atoms with Crippen molar-refractivity contribution < 1.29 is 4.79 Å². The standard InChI is InChI=1S/C16H22N6OS/c1-21(2)14(12-6-4-3-5-7-12)10-17-15(23)11-24-16-18-19-20-22(16)13-8-9-13/h3-7,13-14H,8-11H2,1-2H3,(H,17,23)/t14-/m1/s1. The van der Waals surface area contributed by atoms with Crippen LogP contribution < -0.4 is 5.32 Å². The number of benzene rings is 1. The molecule has 1 N–H and O–H groups in total. The van der Waals surface area contributed by atoms with Crippen LogP contribution >= 0.6 is 11.8 Å². The van der Waals surface area contributed by atoms with Gasteiger partial charge in [0.25, 0.3) is 0 Å². The van der Waals surface area contributed by atoms with Gasteiger partial charge in [-0.2, -0.15) is 0 Å². The van der Waals surface area contributed by atoms with Crippen molar-refractivity contribution in [1.29, 1.82) is 0 Å². The number of tetrazole rings is 1. The molecular formula is C16H22N6OS. The normalized spacial score (nSPS) is 15.5. The number of hydrogen-bond acceptors (Lipinski definition) is 6. The van der Waals surface area contributed by atoms with Gasteiger partial charge < -0.3 is 10.2 Å². The van der Waals surface area contributed by atoms with Crippen LogP contribution in [0.15, 0.2) is 35.5 Å². The Labute approximate surface area is 145 Å². The Morgan fingerprint density at radius 3 is 2.79 bits per heavy atom. The highest BCUT2D eigenvalue weighted by Crippen LogP contribution is 2.36. The molecule has 1 aromatic carbocycles. The summed E-state index contributed by atoms with van der Waals surface area (Å²) in [5.41, 5.74) is 1.19. The molecule has 1 aromatic heterocycles. The third-order valence-corrected chi connectivity index (χ3v) is 4.92. The van der Waals surface area contributed by atoms with Gasteiger partial charge >= 0.3 is 0 Å². The average Bonchev–Trinajstić information content (AvgIpc) is 3.32. The minimum Gasteiger partial charge on any atom is -0.353 e. The molecule has 8 heteroatoms. The van der Waals surface area contributed by atoms with Crippen molar-refractivity contribution in [2.45, 2.75) is 30.1 Å². The van der Waals surface area contributed by atoms with E-state index < -0.39 is 0 Å². The fraction of sp³-hybridized carbons (Fsp3) is 0.500. The van der Waals surface area contributed by atoms with Gasteiger partial charge in [0, 0.05) is 6.54 Å². The van der Waals surface area contributed by atoms with Gasteiger partial charge in [0.2, 0.25) is 11.1 Å². The maximum atomic E-state index is 12.2. The lowest BCUT2D eigenvalue weighted by molar-refractivity contribution is -0.118. The lowest BCUT2D eigenvalue weighted by atomic mass is 10.1. The molecule has 1 aliphatic rings. The molecule has 7 nitrogen and oxygen atoms in total. The molecule has 3 rings (SSSR count). The highest BCUT2D eigenvalue weighted by molar-refractivity contribution is 7.99. The summed E-state index contributed by atoms with van der Waals surface area (Å²) in [4.78, 5) is 14.3. The first-order valence-corrected chi connectivity index (χ1v) is 9.02. The molecule has 24 heavy (non-hydrogen) atoms. The van der Waals surface area contributed by atoms with Crippen molar-refractivity contribution in [3.8, 4) is 0 Å². The average molecular weight is 346 g/mol. The number of nitrogens with zero attached hydrogens (tertiary/aromatic N) is 5. The van der Waals surface area contributed by atoms with E-state index >= 15 is 0 Å². The van der Waals surface area contributed by atoms with Crippen LogP contribution in [-0.4, -0.2) is 57.4 Å². The number of carbonyl (C=O) groups excluding carboxylic acids is 1. The van der Waals surface area contributed by atoms with Crippen molar-refractivity contribution in [2.75, 3.05) is 26.4 Å². The predicted molar refractivity (Wildman–Crippen MR) is 92.7 cm³/mol. The summed E-state index contributed by atoms with van der Waals surface area (Å²) in [5.74, 6) is 0.315. The minimum atomic E-state index is -0.00636. The van der Waals surface area contributed by atoms with Crippen LogP contribution in [0.1, 0.15) is 30.5 Å². The van der Waals surface area contributed by atoms with Gasteiger partial charge in [-0.05, 0) is 42.9 Å². The summed E-state index contributed by atoms with van der Waals surface area (Å²) in [6, 6.07) is 10.8. The summed E-state index contributed by atoms with van der Waals surface area (Å²) >= 11 is 1.39. The second-order valence-electron chi connectivity index (χ2n) is 6.12. The molecule has 1 atom stereocenters. The van der Waals surface area contributed by atoms with Crippen molar-refractivity contribution >= 4 is 17.7 Å². The van der Waals surface area contributed by atoms with Gasteiger partial charge in [-0.15, -0.1) is 5.10 Å². The van der Waals surface area contributed by atoms with Gasteiger partial charge in [-0.25, -0.2) is 4.68 Å². The molecule has 0 spiro atoms. The van der Waals surface area contributed by atoms with Gasteiger partial charge in [-0.1, -0.05) is 42.1 Å². The number of amides is 1. The number of thioether (sulfide) groups is 1. The number of likely N-dealkylation sites (N-methyl/N-ethyl adjacent to an activating group) is 1. The SMILES string of the molecule is CN(C)[C@H](CNC(=O)CSc1nnnn1C1CC1)c1ccccc1. The van der Waals surface area contributed by atoms with Gasteiger partial charge in [0.15, 0.2) is 0 Å². The number of hydrogen-bond donors (Lipinski definition) is 1. The van der Waals surface area contributed by atoms with Crippen LogP contribution in [0.3, 0.4) is 0 Å². The zero-order chi connectivity index (χ0) is 16.9. The topological polar surface area (TPSA) is 75.9 Å². The molecule has 0 radical (unpaired) electrons. The first-order chi connectivity index (χ1) is 11.6. The molecule has 1 amide bonds. The molecule has 1 saturated carbocycles. The van der Waals surface area contributed by atoms with Crippen LogP contribution in [0, 0.1) is 0 Å². The van der Waals surface area contributed by atoms with Gasteiger partial charge in [-0.3, -0.25) is 4.79 Å². The minimum absolute atomic E-state index is 0.00636. The number of carbonyl (C=O) groups is 1. The zero-order valence-corrected chi connectivity index (χ0v) is 14.7. The van der Waals surface area contributed by atoms with E-state index in [1.807, 2.05) is 37.0 Å². The summed E-state index contributed by atoms with van der Waals surface area (Å²) in [7, 11) is 4.03. The van der Waals surface area contributed by atoms with Crippen LogP contribution in [0.4, 0.5) is 0 Å². The van der Waals surface area contributed by atoms with Crippen LogP contribution in [0.5, 0.6) is 0 Å². The van der Waals surface area contributed by atoms with Gasteiger partial charge in [0.1, 0.15) is 0 Å². The fourth-order valence-electron chi connectivity index (χ4n) is 2.49. The summed E-state index contributed by atoms with van der Waals surface area (Å²) < 4.78 is 1.82. The summed E-state index contributed by atoms with van der Waals surface area (Å²) in [5, 5.41) is 15.4. The zero-order valence-electron chi connectivity index (χ0n) is 13.9. The smallest absolute Gasteiger partial charge is 0.230 e. The van der Waals surface area contributed by atoms with E-state index in [-0.39, 0.29) is 11.9 Å². The first kappa shape index (κ1) is 16.9. The second kappa shape index (κ2) is 7.76. The third-order valence-electron chi connectivity index (χ3n) is 3.99. The molecule has 1 aliphatic carbocycles. The number of nitrogens with one attached hydrogen (secondary N) is 1. The van der Waals surface area contributed by atoms with Crippen LogP contribution in [0.2, 0.25) is 0 Å². The summed E-state index contributed by atoms with van der Waals surface area (Å²) in [6.07, 6.45) is 2.23. The fourth-order valence-corrected chi connectivity index (χ4v) is 3.27. The second-order valence-corrected chi connectivity index (χ2v) is 7.06. The van der Waals surface area contributed by atoms with E-state index in [0.717, 1.165) is 18.0 Å². The Hall–Kier alpha value is -1.93. The van der Waals surface area contributed by atoms with Crippen molar-refractivity contribution in [1.82, 2.24) is 30.4 Å². The molecule has 1 heterocycles. The van der Waals surface area contributed by atoms with Crippen LogP contribution in [-0.2, 0) is 4.79 Å². The molecule has 0 unspecified atom stereocenters. The molecule has 128 valence electrons. The van der Waals surface area contributed by atoms with E-state index in [9.17, 15) is 4.79 Å². The van der Waals surface area contributed by atoms with E-state index in [4.69, 9.17) is 0 Å². The van der Waals surface area contributed by atoms with E-state index in [1.165, 1.54) is 17.3 Å². The summed E-state index contributed by atoms with van der Waals surface area (Å²) in [6.45, 7) is 0.573. The highest BCUT2D eigenvalue weighted by Gasteiger charge is 2.28. The molecular weight excluding hydrogens is 324 g/mol. The lowest BCUT2D eigenvalue weighted by Crippen LogP contribution is -2.35. The Morgan fingerprint density at radius 2 is 2.12 bits per heavy atom. The highest BCUT2D eigenvalue weighted by atomic mass is 32.2. The van der Waals surface area contributed by atoms with Gasteiger partial charge in [0.05, 0.1) is 17.8 Å². The maximum Gasteiger partial charge on any atom is 0.230 e. The van der Waals surface area contributed by atoms with Crippen molar-refractivity contribution in [2.24, 2.45) is 0 Å². The Bertz CT molecular complexity index is 670. The van der Waals surface area contributed by atoms with E-state index in [1.54, 1.807) is 0 Å². The quantitative estimate of drug-likeness (QED) is 0.731. The largest absolute Gasteiger partial charge is 0.353 e. The first-order valence-electron chi connectivity index (χ1n) is 8.04. The molecule has 0 bridgehead atoms. The molecule has 2 aromatic rings. The number of aromatic nitrogens is 4. The predicted octanol–water partition coefficient (Wildman–Crippen LogP) is 1.52. The van der Waals surface area contributed by atoms with E-state index in [0.29, 0.717) is 18.3 Å². The third kappa shape index (κ3) is 4.33. The monoisotopic (exact) mass is 346 g/mol. The Morgan fingerprint density at radius 1 is 1.38 bits per heavy atom.